The molecule has 325 valence electrons. The molecule has 28 heteroatoms. The number of allylic oxidation sites excluding steroid dienone is 4. The second-order valence-corrected chi connectivity index (χ2v) is 7.96. The van der Waals surface area contributed by atoms with Gasteiger partial charge in [-0.05, 0) is 76.3 Å². The van der Waals surface area contributed by atoms with Crippen LogP contribution in [-0.2, 0) is 53.3 Å². The average Bonchev–Trinajstić information content (AvgIpc) is 3.06. The molecule has 3 radical (unpaired) electrons. The molecular weight excluding hydrogens is 1020 g/mol. The summed E-state index contributed by atoms with van der Waals surface area (Å²) < 4.78 is 0. The number of rotatable bonds is 8. The number of aliphatic hydroxyl groups is 3. The van der Waals surface area contributed by atoms with Gasteiger partial charge in [0, 0.05) is 21.3 Å². The molecular formula is C29H34Cu2GdN5O20. The summed E-state index contributed by atoms with van der Waals surface area (Å²) in [6.45, 7) is 4.99. The predicted octanol–water partition coefficient (Wildman–Crippen LogP) is -2.57. The summed E-state index contributed by atoms with van der Waals surface area (Å²) in [4.78, 5) is 75.5. The second kappa shape index (κ2) is 47.1. The summed E-state index contributed by atoms with van der Waals surface area (Å²) in [6, 6.07) is 8.52. The van der Waals surface area contributed by atoms with E-state index in [-0.39, 0.29) is 96.9 Å². The minimum absolute atomic E-state index is 0. The zero-order valence-electron chi connectivity index (χ0n) is 30.2. The zero-order valence-corrected chi connectivity index (χ0v) is 34.4. The average molecular weight is 1060 g/mol. The maximum Gasteiger partial charge on any atom is 3.00 e. The van der Waals surface area contributed by atoms with Crippen LogP contribution in [-0.4, -0.2) is 85.0 Å². The monoisotopic (exact) mass is 1060 g/mol. The van der Waals surface area contributed by atoms with Crippen molar-refractivity contribution in [1.82, 2.24) is 9.97 Å². The Labute approximate surface area is 376 Å². The standard InChI is InChI=1S/2C13H13NO4.3CH4O.2Cu.Gd.3NO3/c2*1-8(15)6-12(17)10-4-3-5-11(14-10)13(18)7-9(2)16;3*1-2;;;;3*2-1(3)4/h2*3-7,17-18H,1-2H3;3*2H,1H3;;;;;;/q;;;;;2*+2;+3;3*-1/p-4/b2*12-6-,13-7-;;;;;;;;;. The Bertz CT molecular complexity index is 1390. The van der Waals surface area contributed by atoms with E-state index >= 15 is 0 Å². The van der Waals surface area contributed by atoms with Crippen LogP contribution in [0.1, 0.15) is 50.5 Å². The number of hydrogen-bond donors (Lipinski definition) is 3. The Balaban J connectivity index is -0.0000000787. The number of hydrogen-bond acceptors (Lipinski definition) is 22. The molecule has 2 aromatic heterocycles. The molecule has 2 aromatic rings. The number of pyridine rings is 2. The van der Waals surface area contributed by atoms with E-state index < -0.39 is 61.4 Å². The van der Waals surface area contributed by atoms with E-state index in [1.54, 1.807) is 0 Å². The summed E-state index contributed by atoms with van der Waals surface area (Å²) in [5.41, 5.74) is -0.0259. The third kappa shape index (κ3) is 55.4. The molecule has 0 saturated heterocycles. The van der Waals surface area contributed by atoms with Gasteiger partial charge in [0.15, 0.2) is 23.1 Å². The molecule has 0 bridgehead atoms. The SMILES string of the molecule is CC(=O)/C=C(\[O-])c1cccc(/C([O-])=C/C(C)=O)n1.CC(=O)/C=C(\[O-])c1cccc(/C([O-])=C/C(C)=O)n1.CO.CO.CO.O=[N+]([O-])[O-].O=[N+]([O-])[O-].O=[N+]([O-])[O-].[Cu+2].[Cu+2].[Gd+3]. The summed E-state index contributed by atoms with van der Waals surface area (Å²) in [6.07, 6.45) is 3.58. The molecule has 25 nitrogen and oxygen atoms in total. The molecule has 0 amide bonds. The molecule has 0 saturated carbocycles. The van der Waals surface area contributed by atoms with Gasteiger partial charge in [0.1, 0.15) is 0 Å². The second-order valence-electron chi connectivity index (χ2n) is 7.96. The topological polar surface area (TPSA) is 446 Å². The number of carbonyl (C=O) groups excluding carboxylic acids is 4. The van der Waals surface area contributed by atoms with Crippen LogP contribution in [0.2, 0.25) is 0 Å². The van der Waals surface area contributed by atoms with Crippen LogP contribution in [0.15, 0.2) is 60.7 Å². The van der Waals surface area contributed by atoms with E-state index in [1.165, 1.54) is 64.1 Å². The molecule has 0 fully saturated rings. The Kier molecular flexibility index (Phi) is 60.5. The first-order chi connectivity index (χ1) is 25.0. The van der Waals surface area contributed by atoms with Gasteiger partial charge >= 0.3 is 74.1 Å². The van der Waals surface area contributed by atoms with Crippen LogP contribution in [0, 0.1) is 85.9 Å². The predicted molar refractivity (Wildman–Crippen MR) is 179 cm³/mol. The summed E-state index contributed by atoms with van der Waals surface area (Å²) in [5.74, 6) is -3.86. The third-order valence-electron chi connectivity index (χ3n) is 3.85. The quantitative estimate of drug-likeness (QED) is 0.0804. The van der Waals surface area contributed by atoms with E-state index in [4.69, 9.17) is 61.3 Å². The normalized spacial score (nSPS) is 9.37. The molecule has 0 aliphatic rings. The van der Waals surface area contributed by atoms with E-state index in [1.807, 2.05) is 0 Å². The van der Waals surface area contributed by atoms with Gasteiger partial charge in [-0.15, -0.1) is 0 Å². The molecule has 2 rings (SSSR count). The van der Waals surface area contributed by atoms with Crippen molar-refractivity contribution in [1.29, 1.82) is 0 Å². The summed E-state index contributed by atoms with van der Waals surface area (Å²) in [7, 11) is 3.00. The van der Waals surface area contributed by atoms with Gasteiger partial charge in [-0.1, -0.05) is 35.2 Å². The van der Waals surface area contributed by atoms with E-state index in [0.717, 1.165) is 45.6 Å². The van der Waals surface area contributed by atoms with Gasteiger partial charge in [0.05, 0.1) is 38.0 Å². The van der Waals surface area contributed by atoms with Crippen molar-refractivity contribution in [2.75, 3.05) is 21.3 Å². The smallest absolute Gasteiger partial charge is 0.871 e. The Morgan fingerprint density at radius 3 is 0.684 bits per heavy atom. The van der Waals surface area contributed by atoms with Crippen LogP contribution in [0.3, 0.4) is 0 Å². The first-order valence-electron chi connectivity index (χ1n) is 13.3. The summed E-state index contributed by atoms with van der Waals surface area (Å²) in [5, 5.41) is 111. The fraction of sp³-hybridized carbons (Fsp3) is 0.241. The van der Waals surface area contributed by atoms with Crippen molar-refractivity contribution in [3.05, 3.63) is 129 Å². The zero-order chi connectivity index (χ0) is 44.1. The van der Waals surface area contributed by atoms with Gasteiger partial charge in [-0.3, -0.25) is 29.1 Å². The van der Waals surface area contributed by atoms with E-state index in [2.05, 4.69) is 9.97 Å². The van der Waals surface area contributed by atoms with E-state index in [9.17, 15) is 39.6 Å². The molecule has 0 aromatic carbocycles. The van der Waals surface area contributed by atoms with Crippen LogP contribution in [0.5, 0.6) is 0 Å². The number of carbonyl (C=O) groups is 4. The Hall–Kier alpha value is -5.02. The van der Waals surface area contributed by atoms with Gasteiger partial charge in [0.2, 0.25) is 0 Å². The first-order valence-corrected chi connectivity index (χ1v) is 13.3. The largest absolute Gasteiger partial charge is 3.00 e. The molecule has 2 heterocycles. The fourth-order valence-corrected chi connectivity index (χ4v) is 2.45. The molecule has 0 aliphatic heterocycles. The van der Waals surface area contributed by atoms with Crippen LogP contribution < -0.4 is 20.4 Å². The van der Waals surface area contributed by atoms with Crippen LogP contribution >= 0.6 is 0 Å². The fourth-order valence-electron chi connectivity index (χ4n) is 2.45. The number of aliphatic hydroxyl groups excluding tert-OH is 3. The minimum atomic E-state index is -1.75. The Morgan fingerprint density at radius 2 is 0.579 bits per heavy atom. The number of ketones is 4. The first kappa shape index (κ1) is 73.1. The summed E-state index contributed by atoms with van der Waals surface area (Å²) >= 11 is 0. The molecule has 0 unspecified atom stereocenters. The molecule has 0 spiro atoms. The number of nitrogens with zero attached hydrogens (tertiary/aromatic N) is 5. The van der Waals surface area contributed by atoms with Crippen LogP contribution in [0.4, 0.5) is 0 Å². The van der Waals surface area contributed by atoms with Gasteiger partial charge < -0.3 is 81.7 Å². The van der Waals surface area contributed by atoms with Crippen molar-refractivity contribution in [2.24, 2.45) is 0 Å². The Morgan fingerprint density at radius 1 is 0.456 bits per heavy atom. The minimum Gasteiger partial charge on any atom is -0.871 e. The van der Waals surface area contributed by atoms with E-state index in [0.29, 0.717) is 0 Å². The molecule has 3 N–H and O–H groups in total. The molecule has 57 heavy (non-hydrogen) atoms. The van der Waals surface area contributed by atoms with Crippen molar-refractivity contribution in [3.8, 4) is 0 Å². The molecule has 0 aliphatic carbocycles. The van der Waals surface area contributed by atoms with Crippen molar-refractivity contribution < 1.29 is 144 Å². The maximum atomic E-state index is 11.5. The maximum absolute atomic E-state index is 11.5. The molecule has 0 atom stereocenters. The number of aromatic nitrogens is 2. The van der Waals surface area contributed by atoms with Gasteiger partial charge in [-0.2, -0.15) is 0 Å². The van der Waals surface area contributed by atoms with Crippen molar-refractivity contribution in [3.63, 3.8) is 0 Å². The van der Waals surface area contributed by atoms with Gasteiger partial charge in [0.25, 0.3) is 0 Å². The van der Waals surface area contributed by atoms with Crippen LogP contribution in [0.25, 0.3) is 23.0 Å². The van der Waals surface area contributed by atoms with Crippen molar-refractivity contribution >= 4 is 46.2 Å². The van der Waals surface area contributed by atoms with Crippen molar-refractivity contribution in [2.45, 2.75) is 27.7 Å². The van der Waals surface area contributed by atoms with Gasteiger partial charge in [-0.25, -0.2) is 0 Å². The third-order valence-corrected chi connectivity index (χ3v) is 3.85.